The van der Waals surface area contributed by atoms with E-state index in [4.69, 9.17) is 20.5 Å². The lowest BCUT2D eigenvalue weighted by Crippen LogP contribution is -2.68. The molecule has 4 aliphatic carbocycles. The number of ether oxygens (including phenoxy) is 2. The second-order valence-electron chi connectivity index (χ2n) is 10.7. The first-order valence-corrected chi connectivity index (χ1v) is 12.7. The lowest BCUT2D eigenvalue weighted by atomic mass is 9.50. The summed E-state index contributed by atoms with van der Waals surface area (Å²) in [5.74, 6) is 1.25. The Morgan fingerprint density at radius 2 is 2.08 bits per heavy atom. The molecule has 2 bridgehead atoms. The molecule has 7 rings (SSSR count). The molecule has 1 saturated heterocycles. The zero-order valence-corrected chi connectivity index (χ0v) is 20.3. The number of rotatable bonds is 9. The molecule has 1 amide bonds. The maximum atomic E-state index is 15.2. The summed E-state index contributed by atoms with van der Waals surface area (Å²) in [4.78, 5) is 31.5. The molecule has 4 saturated carbocycles. The van der Waals surface area contributed by atoms with E-state index < -0.39 is 6.17 Å². The molecule has 2 aromatic heterocycles. The van der Waals surface area contributed by atoms with E-state index in [2.05, 4.69) is 31.3 Å². The molecule has 3 heterocycles. The molecular formula is C25H29FN8O3. The van der Waals surface area contributed by atoms with E-state index in [0.717, 1.165) is 31.6 Å². The van der Waals surface area contributed by atoms with Gasteiger partial charge in [-0.15, -0.1) is 0 Å². The van der Waals surface area contributed by atoms with Crippen LogP contribution < -0.4 is 25.4 Å². The summed E-state index contributed by atoms with van der Waals surface area (Å²) in [6, 6.07) is 3.91. The molecule has 2 aromatic rings. The molecule has 5 fully saturated rings. The average Bonchev–Trinajstić information content (AvgIpc) is 3.63. The number of hydrogen-bond donors (Lipinski definition) is 2. The fraction of sp³-hybridized carbons (Fsp3) is 0.600. The second-order valence-corrected chi connectivity index (χ2v) is 10.7. The summed E-state index contributed by atoms with van der Waals surface area (Å²) >= 11 is 0. The minimum absolute atomic E-state index is 0.0124. The molecule has 3 N–H and O–H groups in total. The summed E-state index contributed by atoms with van der Waals surface area (Å²) in [7, 11) is 0. The molecule has 5 aliphatic rings. The maximum absolute atomic E-state index is 15.2. The first-order chi connectivity index (χ1) is 17.9. The number of nitrogens with two attached hydrogens (primary N) is 1. The van der Waals surface area contributed by atoms with Crippen LogP contribution in [0.3, 0.4) is 0 Å². The van der Waals surface area contributed by atoms with Crippen molar-refractivity contribution >= 4 is 17.5 Å². The minimum atomic E-state index is -1.18. The molecule has 0 unspecified atom stereocenters. The van der Waals surface area contributed by atoms with Gasteiger partial charge in [-0.3, -0.25) is 4.79 Å². The van der Waals surface area contributed by atoms with Gasteiger partial charge in [-0.25, -0.2) is 14.4 Å². The molecule has 11 nitrogen and oxygen atoms in total. The van der Waals surface area contributed by atoms with Crippen molar-refractivity contribution in [1.82, 2.24) is 25.3 Å². The fourth-order valence-electron chi connectivity index (χ4n) is 5.45. The first kappa shape index (κ1) is 23.6. The Balaban J connectivity index is 1.13. The van der Waals surface area contributed by atoms with Gasteiger partial charge >= 0.3 is 6.01 Å². The summed E-state index contributed by atoms with van der Waals surface area (Å²) < 4.78 is 26.7. The number of anilines is 2. The Morgan fingerprint density at radius 3 is 2.76 bits per heavy atom. The lowest BCUT2D eigenvalue weighted by Gasteiger charge is -2.61. The van der Waals surface area contributed by atoms with E-state index in [9.17, 15) is 4.79 Å². The Kier molecular flexibility index (Phi) is 5.93. The van der Waals surface area contributed by atoms with E-state index in [-0.39, 0.29) is 59.9 Å². The monoisotopic (exact) mass is 508 g/mol. The predicted molar refractivity (Wildman–Crippen MR) is 129 cm³/mol. The van der Waals surface area contributed by atoms with E-state index in [1.54, 1.807) is 6.07 Å². The molecule has 0 radical (unpaired) electrons. The van der Waals surface area contributed by atoms with Gasteiger partial charge in [-0.1, -0.05) is 0 Å². The van der Waals surface area contributed by atoms with Gasteiger partial charge in [0.25, 0.3) is 5.91 Å². The van der Waals surface area contributed by atoms with Crippen molar-refractivity contribution in [2.75, 3.05) is 36.9 Å². The molecule has 4 atom stereocenters. The summed E-state index contributed by atoms with van der Waals surface area (Å²) in [6.07, 6.45) is 5.95. The number of carbonyl (C=O) groups is 1. The van der Waals surface area contributed by atoms with Crippen molar-refractivity contribution in [3.8, 4) is 17.8 Å². The van der Waals surface area contributed by atoms with Crippen molar-refractivity contribution in [2.45, 2.75) is 43.8 Å². The standard InChI is InChI=1S/C25H29FN8O3/c26-18-10-34(2-1-15(18)11-36-20-9-29-13-30-22(20)28)21-4-19(23(35)33-25-5-14(6-25)7-25)31-24(32-21)37-12-17-3-16(17)8-27/h4,9,13-18H,1-3,5-7,10-12H2,(H,33,35)(H2,28,29,30)/t14?,15-,16+,17-,18+,25?/m1/s1. The molecule has 37 heavy (non-hydrogen) atoms. The number of nitrogens with one attached hydrogen (secondary N) is 1. The zero-order chi connectivity index (χ0) is 25.6. The van der Waals surface area contributed by atoms with E-state index in [0.29, 0.717) is 31.1 Å². The summed E-state index contributed by atoms with van der Waals surface area (Å²) in [6.45, 7) is 1.09. The quantitative estimate of drug-likeness (QED) is 0.514. The number of alkyl halides is 1. The Labute approximate surface area is 213 Å². The lowest BCUT2D eigenvalue weighted by molar-refractivity contribution is -0.0439. The molecule has 0 aromatic carbocycles. The highest BCUT2D eigenvalue weighted by Gasteiger charge is 2.57. The smallest absolute Gasteiger partial charge is 0.319 e. The minimum Gasteiger partial charge on any atom is -0.488 e. The molecular weight excluding hydrogens is 479 g/mol. The second kappa shape index (κ2) is 9.28. The number of nitriles is 1. The van der Waals surface area contributed by atoms with Crippen molar-refractivity contribution in [3.63, 3.8) is 0 Å². The Morgan fingerprint density at radius 1 is 1.27 bits per heavy atom. The van der Waals surface area contributed by atoms with Crippen molar-refractivity contribution < 1.29 is 18.7 Å². The number of aromatic nitrogens is 4. The third-order valence-corrected chi connectivity index (χ3v) is 8.02. The van der Waals surface area contributed by atoms with Gasteiger partial charge in [0.1, 0.15) is 24.0 Å². The Bertz CT molecular complexity index is 1220. The number of halogens is 1. The van der Waals surface area contributed by atoms with Crippen LogP contribution in [0.25, 0.3) is 0 Å². The van der Waals surface area contributed by atoms with Gasteiger partial charge in [0.2, 0.25) is 0 Å². The zero-order valence-electron chi connectivity index (χ0n) is 20.3. The highest BCUT2D eigenvalue weighted by molar-refractivity contribution is 5.94. The average molecular weight is 509 g/mol. The van der Waals surface area contributed by atoms with Gasteiger partial charge in [0, 0.05) is 30.0 Å². The van der Waals surface area contributed by atoms with Crippen LogP contribution in [0.2, 0.25) is 0 Å². The van der Waals surface area contributed by atoms with Crippen LogP contribution in [0.4, 0.5) is 16.0 Å². The van der Waals surface area contributed by atoms with Gasteiger partial charge in [0.05, 0.1) is 37.9 Å². The molecule has 194 valence electrons. The molecule has 1 aliphatic heterocycles. The number of amides is 1. The SMILES string of the molecule is N#C[C@@H]1C[C@@H]1COc1nc(C(=O)NC23CC(C2)C3)cc(N2CC[C@H](COc3cncnc3N)[C@@H](F)C2)n1. The van der Waals surface area contributed by atoms with Crippen LogP contribution in [0.15, 0.2) is 18.6 Å². The van der Waals surface area contributed by atoms with Gasteiger partial charge in [-0.2, -0.15) is 15.2 Å². The third kappa shape index (κ3) is 4.82. The highest BCUT2D eigenvalue weighted by Crippen LogP contribution is 2.57. The number of hydrogen-bond acceptors (Lipinski definition) is 10. The number of nitrogen functional groups attached to an aromatic ring is 1. The molecule has 0 spiro atoms. The van der Waals surface area contributed by atoms with Crippen LogP contribution in [-0.2, 0) is 0 Å². The third-order valence-electron chi connectivity index (χ3n) is 8.02. The number of carbonyl (C=O) groups excluding carboxylic acids is 1. The van der Waals surface area contributed by atoms with Crippen LogP contribution in [-0.4, -0.2) is 63.9 Å². The van der Waals surface area contributed by atoms with Gasteiger partial charge in [-0.05, 0) is 38.0 Å². The Hall–Kier alpha value is -3.75. The summed E-state index contributed by atoms with van der Waals surface area (Å²) in [5.41, 5.74) is 5.89. The van der Waals surface area contributed by atoms with E-state index >= 15 is 4.39 Å². The normalized spacial score (nSPS) is 31.4. The topological polar surface area (TPSA) is 152 Å². The van der Waals surface area contributed by atoms with Gasteiger partial charge in [0.15, 0.2) is 11.6 Å². The molecule has 12 heteroatoms. The number of nitrogens with zero attached hydrogens (tertiary/aromatic N) is 6. The summed E-state index contributed by atoms with van der Waals surface area (Å²) in [5, 5.41) is 12.2. The van der Waals surface area contributed by atoms with Crippen LogP contribution in [0, 0.1) is 35.0 Å². The van der Waals surface area contributed by atoms with Crippen LogP contribution in [0.5, 0.6) is 11.8 Å². The first-order valence-electron chi connectivity index (χ1n) is 12.7. The maximum Gasteiger partial charge on any atom is 0.319 e. The van der Waals surface area contributed by atoms with E-state index in [1.807, 2.05) is 4.90 Å². The largest absolute Gasteiger partial charge is 0.488 e. The van der Waals surface area contributed by atoms with Crippen molar-refractivity contribution in [2.24, 2.45) is 23.7 Å². The fourth-order valence-corrected chi connectivity index (χ4v) is 5.45. The number of piperidine rings is 1. The highest BCUT2D eigenvalue weighted by atomic mass is 19.1. The van der Waals surface area contributed by atoms with E-state index in [1.165, 1.54) is 12.5 Å². The van der Waals surface area contributed by atoms with Gasteiger partial charge < -0.3 is 25.4 Å². The van der Waals surface area contributed by atoms with Crippen LogP contribution >= 0.6 is 0 Å². The van der Waals surface area contributed by atoms with Crippen molar-refractivity contribution in [1.29, 1.82) is 5.26 Å². The van der Waals surface area contributed by atoms with Crippen LogP contribution in [0.1, 0.15) is 42.6 Å². The van der Waals surface area contributed by atoms with Crippen molar-refractivity contribution in [3.05, 3.63) is 24.3 Å². The predicted octanol–water partition coefficient (Wildman–Crippen LogP) is 1.91.